The molecule has 0 saturated carbocycles. The molecule has 0 spiro atoms. The molecule has 8 heteroatoms. The summed E-state index contributed by atoms with van der Waals surface area (Å²) in [6.45, 7) is 1.19. The number of hydrogen-bond donors (Lipinski definition) is 1. The Bertz CT molecular complexity index is 851. The fraction of sp³-hybridized carbons (Fsp3) is 0.250. The lowest BCUT2D eigenvalue weighted by atomic mass is 10.1. The molecule has 122 valence electrons. The van der Waals surface area contributed by atoms with Crippen LogP contribution in [-0.2, 0) is 0 Å². The van der Waals surface area contributed by atoms with E-state index >= 15 is 0 Å². The van der Waals surface area contributed by atoms with Crippen LogP contribution in [0.15, 0.2) is 42.7 Å². The Hall–Kier alpha value is -3.16. The molecular weight excluding hydrogens is 308 g/mol. The molecule has 1 aliphatic heterocycles. The summed E-state index contributed by atoms with van der Waals surface area (Å²) in [5, 5.41) is 15.3. The van der Waals surface area contributed by atoms with E-state index in [1.54, 1.807) is 35.3 Å². The first kappa shape index (κ1) is 14.4. The zero-order valence-electron chi connectivity index (χ0n) is 13.1. The Kier molecular flexibility index (Phi) is 3.49. The molecule has 3 heterocycles. The molecule has 0 bridgehead atoms. The standard InChI is InChI=1S/C16H16N6O2/c1-24-15-5-3-2-4-12(15)13-8-14(20-19-13)16(23)21-9-11(10-21)22-17-6-7-18-22/h2-8,11H,9-10H2,1H3,(H,19,20). The van der Waals surface area contributed by atoms with Gasteiger partial charge in [0.25, 0.3) is 5.91 Å². The van der Waals surface area contributed by atoms with Gasteiger partial charge in [-0.05, 0) is 18.2 Å². The van der Waals surface area contributed by atoms with Gasteiger partial charge in [0, 0.05) is 18.7 Å². The maximum absolute atomic E-state index is 12.5. The number of H-pyrrole nitrogens is 1. The molecule has 1 aromatic carbocycles. The van der Waals surface area contributed by atoms with Crippen molar-refractivity contribution in [2.75, 3.05) is 20.2 Å². The number of rotatable bonds is 4. The Balaban J connectivity index is 1.48. The van der Waals surface area contributed by atoms with Gasteiger partial charge in [0.15, 0.2) is 0 Å². The van der Waals surface area contributed by atoms with Crippen LogP contribution in [0.3, 0.4) is 0 Å². The second-order valence-electron chi connectivity index (χ2n) is 5.58. The van der Waals surface area contributed by atoms with Crippen molar-refractivity contribution in [1.29, 1.82) is 0 Å². The van der Waals surface area contributed by atoms with Gasteiger partial charge in [0.1, 0.15) is 17.5 Å². The van der Waals surface area contributed by atoms with Crippen molar-refractivity contribution in [3.8, 4) is 17.0 Å². The van der Waals surface area contributed by atoms with Gasteiger partial charge in [0.2, 0.25) is 0 Å². The number of aromatic nitrogens is 5. The van der Waals surface area contributed by atoms with Gasteiger partial charge in [-0.3, -0.25) is 9.89 Å². The van der Waals surface area contributed by atoms with Crippen molar-refractivity contribution < 1.29 is 9.53 Å². The zero-order chi connectivity index (χ0) is 16.5. The summed E-state index contributed by atoms with van der Waals surface area (Å²) in [7, 11) is 1.61. The number of para-hydroxylation sites is 1. The van der Waals surface area contributed by atoms with E-state index in [9.17, 15) is 4.79 Å². The number of hydrogen-bond acceptors (Lipinski definition) is 5. The van der Waals surface area contributed by atoms with Gasteiger partial charge < -0.3 is 9.64 Å². The average Bonchev–Trinajstić information content (AvgIpc) is 3.25. The smallest absolute Gasteiger partial charge is 0.272 e. The molecule has 24 heavy (non-hydrogen) atoms. The van der Waals surface area contributed by atoms with Gasteiger partial charge in [-0.25, -0.2) is 0 Å². The van der Waals surface area contributed by atoms with Crippen molar-refractivity contribution in [3.05, 3.63) is 48.4 Å². The molecule has 1 aliphatic rings. The van der Waals surface area contributed by atoms with Gasteiger partial charge in [0.05, 0.1) is 25.2 Å². The molecule has 0 radical (unpaired) electrons. The van der Waals surface area contributed by atoms with Crippen LogP contribution in [0, 0.1) is 0 Å². The zero-order valence-corrected chi connectivity index (χ0v) is 13.1. The number of carbonyl (C=O) groups is 1. The SMILES string of the molecule is COc1ccccc1-c1cc(C(=O)N2CC(n3nccn3)C2)[nH]n1. The van der Waals surface area contributed by atoms with E-state index in [1.165, 1.54) is 0 Å². The van der Waals surface area contributed by atoms with E-state index in [4.69, 9.17) is 4.74 Å². The molecule has 4 rings (SSSR count). The highest BCUT2D eigenvalue weighted by molar-refractivity contribution is 5.94. The van der Waals surface area contributed by atoms with Crippen LogP contribution in [0.1, 0.15) is 16.5 Å². The van der Waals surface area contributed by atoms with Crippen molar-refractivity contribution >= 4 is 5.91 Å². The number of methoxy groups -OCH3 is 1. The highest BCUT2D eigenvalue weighted by Crippen LogP contribution is 2.29. The van der Waals surface area contributed by atoms with E-state index in [0.29, 0.717) is 24.5 Å². The summed E-state index contributed by atoms with van der Waals surface area (Å²) in [6.07, 6.45) is 3.28. The molecule has 0 unspecified atom stereocenters. The van der Waals surface area contributed by atoms with Crippen molar-refractivity contribution in [1.82, 2.24) is 30.1 Å². The van der Waals surface area contributed by atoms with Crippen LogP contribution in [0.5, 0.6) is 5.75 Å². The molecule has 3 aromatic rings. The summed E-state index contributed by atoms with van der Waals surface area (Å²) in [4.78, 5) is 15.9. The average molecular weight is 324 g/mol. The number of nitrogens with zero attached hydrogens (tertiary/aromatic N) is 5. The molecule has 1 saturated heterocycles. The van der Waals surface area contributed by atoms with Crippen LogP contribution >= 0.6 is 0 Å². The fourth-order valence-electron chi connectivity index (χ4n) is 2.78. The number of likely N-dealkylation sites (tertiary alicyclic amines) is 1. The number of aromatic amines is 1. The molecular formula is C16H16N6O2. The maximum Gasteiger partial charge on any atom is 0.272 e. The Labute approximate surface area is 138 Å². The maximum atomic E-state index is 12.5. The third-order valence-electron chi connectivity index (χ3n) is 4.10. The monoisotopic (exact) mass is 324 g/mol. The number of nitrogens with one attached hydrogen (secondary N) is 1. The van der Waals surface area contributed by atoms with E-state index in [2.05, 4.69) is 20.4 Å². The van der Waals surface area contributed by atoms with E-state index in [1.807, 2.05) is 24.3 Å². The molecule has 8 nitrogen and oxygen atoms in total. The van der Waals surface area contributed by atoms with Crippen LogP contribution in [0.25, 0.3) is 11.3 Å². The minimum atomic E-state index is -0.0768. The summed E-state index contributed by atoms with van der Waals surface area (Å²) < 4.78 is 5.34. The lowest BCUT2D eigenvalue weighted by Crippen LogP contribution is -2.51. The summed E-state index contributed by atoms with van der Waals surface area (Å²) in [6, 6.07) is 9.46. The first-order chi connectivity index (χ1) is 11.8. The number of amides is 1. The number of benzene rings is 1. The molecule has 1 fully saturated rings. The largest absolute Gasteiger partial charge is 0.496 e. The quantitative estimate of drug-likeness (QED) is 0.783. The van der Waals surface area contributed by atoms with E-state index < -0.39 is 0 Å². The minimum Gasteiger partial charge on any atom is -0.496 e. The van der Waals surface area contributed by atoms with E-state index in [0.717, 1.165) is 11.3 Å². The first-order valence-corrected chi connectivity index (χ1v) is 7.60. The number of carbonyl (C=O) groups excluding carboxylic acids is 1. The predicted octanol–water partition coefficient (Wildman–Crippen LogP) is 1.37. The molecule has 0 aliphatic carbocycles. The first-order valence-electron chi connectivity index (χ1n) is 7.60. The Morgan fingerprint density at radius 2 is 2.00 bits per heavy atom. The predicted molar refractivity (Wildman–Crippen MR) is 85.5 cm³/mol. The fourth-order valence-corrected chi connectivity index (χ4v) is 2.78. The van der Waals surface area contributed by atoms with Crippen LogP contribution in [-0.4, -0.2) is 56.2 Å². The van der Waals surface area contributed by atoms with Crippen LogP contribution in [0.4, 0.5) is 0 Å². The molecule has 1 N–H and O–H groups in total. The lowest BCUT2D eigenvalue weighted by Gasteiger charge is -2.37. The lowest BCUT2D eigenvalue weighted by molar-refractivity contribution is 0.0470. The Morgan fingerprint density at radius 3 is 2.75 bits per heavy atom. The van der Waals surface area contributed by atoms with Crippen LogP contribution in [0.2, 0.25) is 0 Å². The summed E-state index contributed by atoms with van der Waals surface area (Å²) in [5.74, 6) is 0.642. The van der Waals surface area contributed by atoms with Crippen molar-refractivity contribution in [3.63, 3.8) is 0 Å². The molecule has 0 atom stereocenters. The molecule has 1 amide bonds. The summed E-state index contributed by atoms with van der Waals surface area (Å²) in [5.41, 5.74) is 1.99. The van der Waals surface area contributed by atoms with Crippen LogP contribution < -0.4 is 4.74 Å². The van der Waals surface area contributed by atoms with Gasteiger partial charge >= 0.3 is 0 Å². The van der Waals surface area contributed by atoms with Gasteiger partial charge in [-0.2, -0.15) is 20.1 Å². The number of ether oxygens (including phenoxy) is 1. The topological polar surface area (TPSA) is 88.9 Å². The minimum absolute atomic E-state index is 0.0768. The highest BCUT2D eigenvalue weighted by atomic mass is 16.5. The summed E-state index contributed by atoms with van der Waals surface area (Å²) >= 11 is 0. The van der Waals surface area contributed by atoms with Gasteiger partial charge in [-0.1, -0.05) is 12.1 Å². The Morgan fingerprint density at radius 1 is 1.25 bits per heavy atom. The second kappa shape index (κ2) is 5.80. The van der Waals surface area contributed by atoms with Gasteiger partial charge in [-0.15, -0.1) is 0 Å². The molecule has 2 aromatic heterocycles. The van der Waals surface area contributed by atoms with Crippen molar-refractivity contribution in [2.45, 2.75) is 6.04 Å². The van der Waals surface area contributed by atoms with Crippen molar-refractivity contribution in [2.24, 2.45) is 0 Å². The second-order valence-corrected chi connectivity index (χ2v) is 5.58. The normalized spacial score (nSPS) is 14.5. The highest BCUT2D eigenvalue weighted by Gasteiger charge is 2.34. The third-order valence-corrected chi connectivity index (χ3v) is 4.10. The van der Waals surface area contributed by atoms with E-state index in [-0.39, 0.29) is 11.9 Å². The third kappa shape index (κ3) is 2.41.